The third-order valence-corrected chi connectivity index (χ3v) is 3.93. The molecule has 1 aromatic rings. The van der Waals surface area contributed by atoms with E-state index in [1.54, 1.807) is 0 Å². The Morgan fingerprint density at radius 3 is 2.19 bits per heavy atom. The van der Waals surface area contributed by atoms with Gasteiger partial charge in [-0.2, -0.15) is 0 Å². The maximum absolute atomic E-state index is 11.6. The third kappa shape index (κ3) is 7.24. The van der Waals surface area contributed by atoms with Crippen LogP contribution in [0.5, 0.6) is 5.75 Å². The monoisotopic (exact) mass is 313 g/mol. The molecule has 0 aliphatic heterocycles. The molecule has 0 radical (unpaired) electrons. The van der Waals surface area contributed by atoms with Crippen LogP contribution in [0.15, 0.2) is 29.2 Å². The van der Waals surface area contributed by atoms with E-state index in [9.17, 15) is 17.8 Å². The molecule has 0 saturated carbocycles. The number of hydrogen-bond donors (Lipinski definition) is 0. The molecule has 0 unspecified atom stereocenters. The van der Waals surface area contributed by atoms with Gasteiger partial charge in [-0.05, 0) is 30.7 Å². The standard InChI is InChI=1S/C15H22O5S/c1-2-3-4-5-6-7-8-15(16)20-13-9-11-14(12-10-13)21(17,18)19/h9-12H,2-8H2,1H3,(H,17,18,19)/p-1. The minimum Gasteiger partial charge on any atom is -0.744 e. The molecule has 0 bridgehead atoms. The Kier molecular flexibility index (Phi) is 7.39. The van der Waals surface area contributed by atoms with E-state index in [-0.39, 0.29) is 16.6 Å². The summed E-state index contributed by atoms with van der Waals surface area (Å²) in [6.07, 6.45) is 6.86. The zero-order valence-electron chi connectivity index (χ0n) is 12.2. The van der Waals surface area contributed by atoms with Crippen molar-refractivity contribution in [3.8, 4) is 5.75 Å². The van der Waals surface area contributed by atoms with E-state index in [1.807, 2.05) is 0 Å². The van der Waals surface area contributed by atoms with Gasteiger partial charge in [0.2, 0.25) is 0 Å². The van der Waals surface area contributed by atoms with Crippen molar-refractivity contribution in [1.82, 2.24) is 0 Å². The maximum Gasteiger partial charge on any atom is 0.311 e. The summed E-state index contributed by atoms with van der Waals surface area (Å²) < 4.78 is 37.3. The van der Waals surface area contributed by atoms with Crippen molar-refractivity contribution in [3.63, 3.8) is 0 Å². The number of carbonyl (C=O) groups excluding carboxylic acids is 1. The molecule has 0 spiro atoms. The van der Waals surface area contributed by atoms with E-state index in [1.165, 1.54) is 31.4 Å². The predicted octanol–water partition coefficient (Wildman–Crippen LogP) is 3.25. The van der Waals surface area contributed by atoms with Crippen LogP contribution in [0.3, 0.4) is 0 Å². The average molecular weight is 313 g/mol. The van der Waals surface area contributed by atoms with Crippen LogP contribution in [0.25, 0.3) is 0 Å². The van der Waals surface area contributed by atoms with Crippen LogP contribution in [-0.4, -0.2) is 18.9 Å². The molecule has 1 rings (SSSR count). The van der Waals surface area contributed by atoms with Crippen molar-refractivity contribution in [2.75, 3.05) is 0 Å². The second kappa shape index (κ2) is 8.79. The molecule has 5 nitrogen and oxygen atoms in total. The van der Waals surface area contributed by atoms with Crippen molar-refractivity contribution in [1.29, 1.82) is 0 Å². The second-order valence-corrected chi connectivity index (χ2v) is 6.30. The summed E-state index contributed by atoms with van der Waals surface area (Å²) >= 11 is 0. The largest absolute Gasteiger partial charge is 0.744 e. The lowest BCUT2D eigenvalue weighted by atomic mass is 10.1. The van der Waals surface area contributed by atoms with Crippen molar-refractivity contribution < 1.29 is 22.5 Å². The zero-order valence-corrected chi connectivity index (χ0v) is 13.0. The summed E-state index contributed by atoms with van der Waals surface area (Å²) in [5, 5.41) is 0. The highest BCUT2D eigenvalue weighted by Crippen LogP contribution is 2.16. The summed E-state index contributed by atoms with van der Waals surface area (Å²) in [6.45, 7) is 2.15. The van der Waals surface area contributed by atoms with Gasteiger partial charge in [0, 0.05) is 6.42 Å². The van der Waals surface area contributed by atoms with Gasteiger partial charge in [-0.3, -0.25) is 4.79 Å². The Morgan fingerprint density at radius 1 is 1.05 bits per heavy atom. The molecule has 0 heterocycles. The van der Waals surface area contributed by atoms with Crippen LogP contribution < -0.4 is 4.74 Å². The van der Waals surface area contributed by atoms with Crippen LogP contribution in [0.4, 0.5) is 0 Å². The molecule has 21 heavy (non-hydrogen) atoms. The van der Waals surface area contributed by atoms with E-state index < -0.39 is 10.1 Å². The Bertz CT molecular complexity index is 534. The first-order valence-electron chi connectivity index (χ1n) is 7.20. The van der Waals surface area contributed by atoms with E-state index in [2.05, 4.69) is 6.92 Å². The topological polar surface area (TPSA) is 83.5 Å². The van der Waals surface area contributed by atoms with Crippen molar-refractivity contribution in [2.24, 2.45) is 0 Å². The highest BCUT2D eigenvalue weighted by atomic mass is 32.2. The Balaban J connectivity index is 2.31. The van der Waals surface area contributed by atoms with Gasteiger partial charge in [-0.15, -0.1) is 0 Å². The molecule has 0 aliphatic carbocycles. The average Bonchev–Trinajstić information content (AvgIpc) is 2.42. The zero-order chi connectivity index (χ0) is 15.7. The lowest BCUT2D eigenvalue weighted by Crippen LogP contribution is -2.07. The van der Waals surface area contributed by atoms with Gasteiger partial charge >= 0.3 is 5.97 Å². The fourth-order valence-electron chi connectivity index (χ4n) is 1.91. The quantitative estimate of drug-likeness (QED) is 0.302. The first-order chi connectivity index (χ1) is 9.93. The summed E-state index contributed by atoms with van der Waals surface area (Å²) in [5.41, 5.74) is 0. The molecule has 0 aromatic heterocycles. The highest BCUT2D eigenvalue weighted by molar-refractivity contribution is 7.85. The number of rotatable bonds is 9. The van der Waals surface area contributed by atoms with Gasteiger partial charge < -0.3 is 9.29 Å². The minimum absolute atomic E-state index is 0.249. The van der Waals surface area contributed by atoms with E-state index >= 15 is 0 Å². The smallest absolute Gasteiger partial charge is 0.311 e. The maximum atomic E-state index is 11.6. The fraction of sp³-hybridized carbons (Fsp3) is 0.533. The number of ether oxygens (including phenoxy) is 1. The number of carbonyl (C=O) groups is 1. The number of benzene rings is 1. The van der Waals surface area contributed by atoms with Crippen molar-refractivity contribution in [2.45, 2.75) is 56.8 Å². The van der Waals surface area contributed by atoms with Gasteiger partial charge in [-0.1, -0.05) is 39.0 Å². The summed E-state index contributed by atoms with van der Waals surface area (Å²) in [6, 6.07) is 4.89. The number of hydrogen-bond acceptors (Lipinski definition) is 5. The van der Waals surface area contributed by atoms with Gasteiger partial charge in [0.15, 0.2) is 0 Å². The first-order valence-corrected chi connectivity index (χ1v) is 8.61. The molecule has 0 saturated heterocycles. The highest BCUT2D eigenvalue weighted by Gasteiger charge is 2.06. The van der Waals surface area contributed by atoms with E-state index in [4.69, 9.17) is 4.74 Å². The van der Waals surface area contributed by atoms with Crippen LogP contribution in [-0.2, 0) is 14.9 Å². The second-order valence-electron chi connectivity index (χ2n) is 4.92. The van der Waals surface area contributed by atoms with Gasteiger partial charge in [0.1, 0.15) is 15.9 Å². The molecule has 0 amide bonds. The van der Waals surface area contributed by atoms with Crippen LogP contribution in [0.2, 0.25) is 0 Å². The molecule has 0 aliphatic rings. The number of esters is 1. The summed E-state index contributed by atoms with van der Waals surface area (Å²) in [4.78, 5) is 11.2. The van der Waals surface area contributed by atoms with Crippen molar-refractivity contribution in [3.05, 3.63) is 24.3 Å². The molecule has 118 valence electrons. The SMILES string of the molecule is CCCCCCCCC(=O)Oc1ccc(S(=O)(=O)[O-])cc1. The Morgan fingerprint density at radius 2 is 1.62 bits per heavy atom. The fourth-order valence-corrected chi connectivity index (χ4v) is 2.38. The van der Waals surface area contributed by atoms with Gasteiger partial charge in [-0.25, -0.2) is 8.42 Å². The van der Waals surface area contributed by atoms with Gasteiger partial charge in [0.25, 0.3) is 0 Å². The number of unbranched alkanes of at least 4 members (excludes halogenated alkanes) is 5. The summed E-state index contributed by atoms with van der Waals surface area (Å²) in [5.74, 6) is -0.0957. The van der Waals surface area contributed by atoms with Crippen molar-refractivity contribution >= 4 is 16.1 Å². The Labute approximate surface area is 126 Å². The third-order valence-electron chi connectivity index (χ3n) is 3.08. The van der Waals surface area contributed by atoms with E-state index in [0.29, 0.717) is 6.42 Å². The molecule has 0 fully saturated rings. The lowest BCUT2D eigenvalue weighted by Gasteiger charge is -2.08. The predicted molar refractivity (Wildman–Crippen MR) is 78.0 cm³/mol. The lowest BCUT2D eigenvalue weighted by molar-refractivity contribution is -0.134. The molecule has 0 atom stereocenters. The molecular weight excluding hydrogens is 292 g/mol. The molecule has 0 N–H and O–H groups in total. The summed E-state index contributed by atoms with van der Waals surface area (Å²) in [7, 11) is -4.46. The molecular formula is C15H21O5S-. The van der Waals surface area contributed by atoms with Crippen LogP contribution >= 0.6 is 0 Å². The Hall–Kier alpha value is -1.40. The minimum atomic E-state index is -4.46. The normalized spacial score (nSPS) is 11.3. The van der Waals surface area contributed by atoms with Crippen LogP contribution in [0.1, 0.15) is 51.9 Å². The van der Waals surface area contributed by atoms with E-state index in [0.717, 1.165) is 31.4 Å². The first kappa shape index (κ1) is 17.7. The molecule has 6 heteroatoms. The molecule has 1 aromatic carbocycles. The van der Waals surface area contributed by atoms with Crippen LogP contribution in [0, 0.1) is 0 Å². The van der Waals surface area contributed by atoms with Gasteiger partial charge in [0.05, 0.1) is 4.90 Å².